The van der Waals surface area contributed by atoms with Crippen LogP contribution in [0.1, 0.15) is 54.9 Å². The molecule has 0 aliphatic heterocycles. The second-order valence-electron chi connectivity index (χ2n) is 5.12. The Morgan fingerprint density at radius 3 is 2.86 bits per heavy atom. The number of fused-ring (bicyclic) bond motifs is 5. The summed E-state index contributed by atoms with van der Waals surface area (Å²) in [6, 6.07) is 0. The second-order valence-corrected chi connectivity index (χ2v) is 5.12. The highest BCUT2D eigenvalue weighted by Gasteiger charge is 2.48. The molecule has 2 heteroatoms. The van der Waals surface area contributed by atoms with Gasteiger partial charge in [0, 0.05) is 11.1 Å². The third-order valence-electron chi connectivity index (χ3n) is 3.97. The largest absolute Gasteiger partial charge is 0.238 e. The van der Waals surface area contributed by atoms with E-state index in [9.17, 15) is 0 Å². The van der Waals surface area contributed by atoms with E-state index >= 15 is 0 Å². The average Bonchev–Trinajstić information content (AvgIpc) is 2.58. The summed E-state index contributed by atoms with van der Waals surface area (Å²) in [4.78, 5) is 9.14. The van der Waals surface area contributed by atoms with Gasteiger partial charge in [-0.15, -0.1) is 0 Å². The number of hydrogen-bond donors (Lipinski definition) is 0. The van der Waals surface area contributed by atoms with Gasteiger partial charge in [-0.1, -0.05) is 6.92 Å². The van der Waals surface area contributed by atoms with Crippen LogP contribution in [0.5, 0.6) is 0 Å². The molecule has 0 radical (unpaired) electrons. The van der Waals surface area contributed by atoms with Crippen LogP contribution < -0.4 is 0 Å². The summed E-state index contributed by atoms with van der Waals surface area (Å²) < 4.78 is 0. The molecule has 1 aromatic rings. The molecule has 0 aromatic carbocycles. The van der Waals surface area contributed by atoms with Gasteiger partial charge < -0.3 is 0 Å². The molecular weight excluding hydrogens is 172 g/mol. The molecule has 0 saturated heterocycles. The van der Waals surface area contributed by atoms with E-state index in [-0.39, 0.29) is 0 Å². The number of hydrogen-bond acceptors (Lipinski definition) is 2. The van der Waals surface area contributed by atoms with Gasteiger partial charge in [0.25, 0.3) is 0 Å². The molecule has 2 bridgehead atoms. The second kappa shape index (κ2) is 2.36. The van der Waals surface area contributed by atoms with Crippen LogP contribution in [0.2, 0.25) is 0 Å². The first-order valence-electron chi connectivity index (χ1n) is 5.46. The fourth-order valence-electron chi connectivity index (χ4n) is 3.37. The van der Waals surface area contributed by atoms with Crippen LogP contribution in [0.25, 0.3) is 0 Å². The minimum absolute atomic E-state index is 0.373. The molecule has 0 N–H and O–H groups in total. The third kappa shape index (κ3) is 0.865. The van der Waals surface area contributed by atoms with E-state index in [1.807, 2.05) is 6.92 Å². The van der Waals surface area contributed by atoms with Crippen molar-refractivity contribution in [3.05, 3.63) is 22.8 Å². The van der Waals surface area contributed by atoms with Gasteiger partial charge in [-0.2, -0.15) is 0 Å². The normalized spacial score (nSPS) is 33.5. The molecule has 1 fully saturated rings. The Labute approximate surface area is 84.8 Å². The lowest BCUT2D eigenvalue weighted by molar-refractivity contribution is 0.487. The predicted octanol–water partition coefficient (Wildman–Crippen LogP) is 2.63. The van der Waals surface area contributed by atoms with Crippen LogP contribution in [-0.4, -0.2) is 9.97 Å². The van der Waals surface area contributed by atoms with Gasteiger partial charge >= 0.3 is 0 Å². The Hall–Kier alpha value is -0.920. The van der Waals surface area contributed by atoms with Crippen LogP contribution >= 0.6 is 0 Å². The smallest absolute Gasteiger partial charge is 0.125 e. The molecular formula is C12H16N2. The van der Waals surface area contributed by atoms with Crippen molar-refractivity contribution in [2.24, 2.45) is 0 Å². The highest BCUT2D eigenvalue weighted by atomic mass is 14.9. The van der Waals surface area contributed by atoms with Crippen LogP contribution in [0.3, 0.4) is 0 Å². The van der Waals surface area contributed by atoms with Crippen LogP contribution in [0.15, 0.2) is 0 Å². The summed E-state index contributed by atoms with van der Waals surface area (Å²) in [5.41, 5.74) is 4.43. The lowest BCUT2D eigenvalue weighted by Gasteiger charge is -2.23. The Morgan fingerprint density at radius 2 is 2.07 bits per heavy atom. The van der Waals surface area contributed by atoms with E-state index in [2.05, 4.69) is 23.8 Å². The number of nitrogens with zero attached hydrogens (tertiary/aromatic N) is 2. The van der Waals surface area contributed by atoms with E-state index in [0.29, 0.717) is 5.41 Å². The number of aryl methyl sites for hydroxylation is 2. The van der Waals surface area contributed by atoms with Crippen molar-refractivity contribution >= 4 is 0 Å². The summed E-state index contributed by atoms with van der Waals surface area (Å²) in [6.45, 7) is 6.50. The standard InChI is InChI=1S/C12H16N2/c1-7-10-9-4-5-12(3,6-9)11(10)14-8(2)13-7/h9H,4-6H2,1-3H3. The van der Waals surface area contributed by atoms with Crippen LogP contribution in [0, 0.1) is 13.8 Å². The maximum atomic E-state index is 4.66. The van der Waals surface area contributed by atoms with E-state index < -0.39 is 0 Å². The maximum absolute atomic E-state index is 4.66. The molecule has 2 aliphatic rings. The summed E-state index contributed by atoms with van der Waals surface area (Å²) >= 11 is 0. The Kier molecular flexibility index (Phi) is 1.41. The van der Waals surface area contributed by atoms with Crippen molar-refractivity contribution in [3.8, 4) is 0 Å². The molecule has 1 heterocycles. The zero-order valence-corrected chi connectivity index (χ0v) is 9.09. The first-order chi connectivity index (χ1) is 6.60. The summed E-state index contributed by atoms with van der Waals surface area (Å²) in [6.07, 6.45) is 3.97. The van der Waals surface area contributed by atoms with Crippen molar-refractivity contribution in [1.82, 2.24) is 9.97 Å². The highest BCUT2D eigenvalue weighted by Crippen LogP contribution is 2.56. The molecule has 1 saturated carbocycles. The van der Waals surface area contributed by atoms with Crippen molar-refractivity contribution in [2.75, 3.05) is 0 Å². The topological polar surface area (TPSA) is 25.8 Å². The molecule has 2 atom stereocenters. The zero-order valence-electron chi connectivity index (χ0n) is 9.09. The molecule has 1 aromatic heterocycles. The predicted molar refractivity (Wildman–Crippen MR) is 55.5 cm³/mol. The van der Waals surface area contributed by atoms with Gasteiger partial charge in [0.2, 0.25) is 0 Å². The van der Waals surface area contributed by atoms with Gasteiger partial charge in [0.15, 0.2) is 0 Å². The Morgan fingerprint density at radius 1 is 1.29 bits per heavy atom. The van der Waals surface area contributed by atoms with Crippen molar-refractivity contribution in [2.45, 2.75) is 51.4 Å². The van der Waals surface area contributed by atoms with Crippen molar-refractivity contribution in [1.29, 1.82) is 0 Å². The minimum Gasteiger partial charge on any atom is -0.238 e. The fourth-order valence-corrected chi connectivity index (χ4v) is 3.37. The van der Waals surface area contributed by atoms with E-state index in [1.165, 1.54) is 36.2 Å². The fraction of sp³-hybridized carbons (Fsp3) is 0.667. The van der Waals surface area contributed by atoms with Crippen molar-refractivity contribution in [3.63, 3.8) is 0 Å². The van der Waals surface area contributed by atoms with E-state index in [0.717, 1.165) is 11.7 Å². The minimum atomic E-state index is 0.373. The van der Waals surface area contributed by atoms with Gasteiger partial charge in [-0.05, 0) is 44.6 Å². The molecule has 2 aliphatic carbocycles. The van der Waals surface area contributed by atoms with Gasteiger partial charge in [0.05, 0.1) is 5.69 Å². The monoisotopic (exact) mass is 188 g/mol. The third-order valence-corrected chi connectivity index (χ3v) is 3.97. The summed E-state index contributed by atoms with van der Waals surface area (Å²) in [5.74, 6) is 1.70. The van der Waals surface area contributed by atoms with Crippen LogP contribution in [0.4, 0.5) is 0 Å². The highest BCUT2D eigenvalue weighted by molar-refractivity contribution is 5.42. The lowest BCUT2D eigenvalue weighted by atomic mass is 9.85. The Balaban J connectivity index is 2.30. The molecule has 14 heavy (non-hydrogen) atoms. The number of rotatable bonds is 0. The molecule has 3 rings (SSSR count). The number of aromatic nitrogens is 2. The van der Waals surface area contributed by atoms with Crippen molar-refractivity contribution < 1.29 is 0 Å². The molecule has 74 valence electrons. The SMILES string of the molecule is Cc1nc(C)c2c(n1)C1(C)CCC2C1. The summed E-state index contributed by atoms with van der Waals surface area (Å²) in [5, 5.41) is 0. The van der Waals surface area contributed by atoms with E-state index in [1.54, 1.807) is 0 Å². The quantitative estimate of drug-likeness (QED) is 0.625. The summed E-state index contributed by atoms with van der Waals surface area (Å²) in [7, 11) is 0. The average molecular weight is 188 g/mol. The Bertz CT molecular complexity index is 411. The zero-order chi connectivity index (χ0) is 9.92. The molecule has 2 unspecified atom stereocenters. The molecule has 0 amide bonds. The maximum Gasteiger partial charge on any atom is 0.125 e. The first-order valence-corrected chi connectivity index (χ1v) is 5.46. The van der Waals surface area contributed by atoms with E-state index in [4.69, 9.17) is 0 Å². The van der Waals surface area contributed by atoms with Gasteiger partial charge in [-0.25, -0.2) is 9.97 Å². The van der Waals surface area contributed by atoms with Crippen LogP contribution in [-0.2, 0) is 5.41 Å². The molecule has 2 nitrogen and oxygen atoms in total. The van der Waals surface area contributed by atoms with Gasteiger partial charge in [0.1, 0.15) is 5.82 Å². The van der Waals surface area contributed by atoms with Gasteiger partial charge in [-0.3, -0.25) is 0 Å². The lowest BCUT2D eigenvalue weighted by Crippen LogP contribution is -2.19. The first kappa shape index (κ1) is 8.39. The molecule has 0 spiro atoms.